The van der Waals surface area contributed by atoms with Crippen LogP contribution in [0.5, 0.6) is 0 Å². The van der Waals surface area contributed by atoms with E-state index in [0.717, 1.165) is 5.56 Å². The predicted molar refractivity (Wildman–Crippen MR) is 71.0 cm³/mol. The molecule has 0 spiro atoms. The van der Waals surface area contributed by atoms with Gasteiger partial charge >= 0.3 is 5.97 Å². The highest BCUT2D eigenvalue weighted by molar-refractivity contribution is 5.95. The molecule has 2 heterocycles. The molecule has 1 aromatic rings. The summed E-state index contributed by atoms with van der Waals surface area (Å²) in [6, 6.07) is 3.28. The summed E-state index contributed by atoms with van der Waals surface area (Å²) >= 11 is 0. The highest BCUT2D eigenvalue weighted by atomic mass is 16.5. The Morgan fingerprint density at radius 1 is 1.32 bits per heavy atom. The Kier molecular flexibility index (Phi) is 3.64. The van der Waals surface area contributed by atoms with Crippen LogP contribution in [-0.2, 0) is 19.7 Å². The number of ether oxygens (including phenoxy) is 2. The first-order valence-corrected chi connectivity index (χ1v) is 5.95. The number of carbonyl (C=O) groups is 1. The van der Waals surface area contributed by atoms with Gasteiger partial charge in [-0.15, -0.1) is 0 Å². The number of carbonyl (C=O) groups excluding carboxylic acids is 1. The first-order valence-electron chi connectivity index (χ1n) is 5.95. The molecule has 0 aromatic carbocycles. The van der Waals surface area contributed by atoms with Gasteiger partial charge in [0.25, 0.3) is 0 Å². The molecule has 0 saturated carbocycles. The van der Waals surface area contributed by atoms with Gasteiger partial charge in [0, 0.05) is 12.4 Å². The summed E-state index contributed by atoms with van der Waals surface area (Å²) in [5, 5.41) is 0. The summed E-state index contributed by atoms with van der Waals surface area (Å²) in [7, 11) is 2.93. The average Bonchev–Trinajstić information content (AvgIpc) is 2.47. The number of aliphatic imine (C=N–C) groups is 1. The summed E-state index contributed by atoms with van der Waals surface area (Å²) < 4.78 is 10.1. The lowest BCUT2D eigenvalue weighted by molar-refractivity contribution is -0.146. The fourth-order valence-corrected chi connectivity index (χ4v) is 2.29. The Hall–Kier alpha value is -2.17. The summed E-state index contributed by atoms with van der Waals surface area (Å²) in [6.45, 7) is 1.86. The van der Waals surface area contributed by atoms with Gasteiger partial charge in [0.15, 0.2) is 0 Å². The second kappa shape index (κ2) is 5.22. The molecule has 0 bridgehead atoms. The number of rotatable bonds is 2. The minimum Gasteiger partial charge on any atom is -0.481 e. The molecule has 0 N–H and O–H groups in total. The van der Waals surface area contributed by atoms with Gasteiger partial charge in [0.2, 0.25) is 5.90 Å². The van der Waals surface area contributed by atoms with E-state index in [1.54, 1.807) is 43.8 Å². The molecule has 2 rings (SSSR count). The molecule has 100 valence electrons. The summed E-state index contributed by atoms with van der Waals surface area (Å²) in [5.41, 5.74) is -0.128. The van der Waals surface area contributed by atoms with E-state index < -0.39 is 5.41 Å². The van der Waals surface area contributed by atoms with Crippen LogP contribution in [0.2, 0.25) is 0 Å². The van der Waals surface area contributed by atoms with Crippen molar-refractivity contribution < 1.29 is 14.3 Å². The van der Waals surface area contributed by atoms with Gasteiger partial charge in [-0.1, -0.05) is 6.08 Å². The van der Waals surface area contributed by atoms with Crippen molar-refractivity contribution in [1.82, 2.24) is 4.98 Å². The maximum absolute atomic E-state index is 12.3. The van der Waals surface area contributed by atoms with Crippen LogP contribution < -0.4 is 0 Å². The zero-order valence-electron chi connectivity index (χ0n) is 11.2. The van der Waals surface area contributed by atoms with E-state index in [-0.39, 0.29) is 12.0 Å². The highest BCUT2D eigenvalue weighted by Crippen LogP contribution is 2.35. The molecular weight excluding hydrogens is 244 g/mol. The molecule has 2 unspecified atom stereocenters. The van der Waals surface area contributed by atoms with E-state index in [9.17, 15) is 4.79 Å². The topological polar surface area (TPSA) is 60.8 Å². The lowest BCUT2D eigenvalue weighted by Gasteiger charge is -2.34. The van der Waals surface area contributed by atoms with Crippen LogP contribution in [0.3, 0.4) is 0 Å². The van der Waals surface area contributed by atoms with Crippen molar-refractivity contribution >= 4 is 11.9 Å². The molecule has 1 aromatic heterocycles. The predicted octanol–water partition coefficient (Wildman–Crippen LogP) is 1.50. The maximum Gasteiger partial charge on any atom is 0.322 e. The fourth-order valence-electron chi connectivity index (χ4n) is 2.29. The van der Waals surface area contributed by atoms with E-state index >= 15 is 0 Å². The number of pyridine rings is 1. The lowest BCUT2D eigenvalue weighted by atomic mass is 9.74. The van der Waals surface area contributed by atoms with Crippen LogP contribution in [-0.4, -0.2) is 37.1 Å². The van der Waals surface area contributed by atoms with E-state index in [1.165, 1.54) is 7.11 Å². The van der Waals surface area contributed by atoms with Crippen LogP contribution in [0, 0.1) is 0 Å². The SMILES string of the molecule is COC(=O)C1(c2ccncc2)C=CC(OC)=NC1C. The molecule has 1 aliphatic rings. The molecule has 0 fully saturated rings. The number of hydrogen-bond donors (Lipinski definition) is 0. The minimum atomic E-state index is -0.931. The van der Waals surface area contributed by atoms with Crippen molar-refractivity contribution in [1.29, 1.82) is 0 Å². The largest absolute Gasteiger partial charge is 0.481 e. The Labute approximate surface area is 112 Å². The van der Waals surface area contributed by atoms with Gasteiger partial charge in [0.1, 0.15) is 5.41 Å². The molecule has 19 heavy (non-hydrogen) atoms. The van der Waals surface area contributed by atoms with Crippen molar-refractivity contribution in [3.8, 4) is 0 Å². The zero-order valence-corrected chi connectivity index (χ0v) is 11.2. The first-order chi connectivity index (χ1) is 9.15. The second-order valence-electron chi connectivity index (χ2n) is 4.28. The normalized spacial score (nSPS) is 25.6. The van der Waals surface area contributed by atoms with Gasteiger partial charge < -0.3 is 9.47 Å². The van der Waals surface area contributed by atoms with Crippen LogP contribution >= 0.6 is 0 Å². The maximum atomic E-state index is 12.3. The number of aromatic nitrogens is 1. The van der Waals surface area contributed by atoms with Gasteiger partial charge in [0.05, 0.1) is 20.3 Å². The smallest absolute Gasteiger partial charge is 0.322 e. The Balaban J connectivity index is 2.53. The molecule has 5 heteroatoms. The van der Waals surface area contributed by atoms with Gasteiger partial charge in [-0.05, 0) is 30.7 Å². The number of hydrogen-bond acceptors (Lipinski definition) is 5. The van der Waals surface area contributed by atoms with Crippen molar-refractivity contribution in [2.24, 2.45) is 4.99 Å². The summed E-state index contributed by atoms with van der Waals surface area (Å²) in [6.07, 6.45) is 6.77. The number of esters is 1. The monoisotopic (exact) mass is 260 g/mol. The first kappa shape index (κ1) is 13.3. The average molecular weight is 260 g/mol. The third-order valence-electron chi connectivity index (χ3n) is 3.36. The molecule has 0 amide bonds. The van der Waals surface area contributed by atoms with E-state index in [0.29, 0.717) is 5.90 Å². The van der Waals surface area contributed by atoms with Crippen molar-refractivity contribution in [2.45, 2.75) is 18.4 Å². The van der Waals surface area contributed by atoms with Gasteiger partial charge in [-0.2, -0.15) is 0 Å². The molecule has 1 aliphatic heterocycles. The Morgan fingerprint density at radius 2 is 2.00 bits per heavy atom. The number of methoxy groups -OCH3 is 2. The fraction of sp³-hybridized carbons (Fsp3) is 0.357. The van der Waals surface area contributed by atoms with Crippen molar-refractivity contribution in [2.75, 3.05) is 14.2 Å². The minimum absolute atomic E-state index is 0.317. The Morgan fingerprint density at radius 3 is 2.53 bits per heavy atom. The zero-order chi connectivity index (χ0) is 13.9. The van der Waals surface area contributed by atoms with Crippen molar-refractivity contribution in [3.63, 3.8) is 0 Å². The van der Waals surface area contributed by atoms with E-state index in [2.05, 4.69) is 9.98 Å². The number of dihydropyridines is 1. The molecule has 2 atom stereocenters. The molecular formula is C14H16N2O3. The van der Waals surface area contributed by atoms with Crippen LogP contribution in [0.1, 0.15) is 12.5 Å². The lowest BCUT2D eigenvalue weighted by Crippen LogP contribution is -2.45. The number of nitrogens with zero attached hydrogens (tertiary/aromatic N) is 2. The third kappa shape index (κ3) is 2.12. The van der Waals surface area contributed by atoms with E-state index in [1.807, 2.05) is 6.92 Å². The van der Waals surface area contributed by atoms with Gasteiger partial charge in [-0.3, -0.25) is 9.78 Å². The second-order valence-corrected chi connectivity index (χ2v) is 4.28. The molecule has 5 nitrogen and oxygen atoms in total. The molecule has 0 radical (unpaired) electrons. The van der Waals surface area contributed by atoms with Crippen LogP contribution in [0.15, 0.2) is 41.7 Å². The molecule has 0 aliphatic carbocycles. The molecule has 0 saturated heterocycles. The van der Waals surface area contributed by atoms with Crippen LogP contribution in [0.25, 0.3) is 0 Å². The highest BCUT2D eigenvalue weighted by Gasteiger charge is 2.46. The summed E-state index contributed by atoms with van der Waals surface area (Å²) in [4.78, 5) is 20.7. The Bertz CT molecular complexity index is 525. The summed E-state index contributed by atoms with van der Waals surface area (Å²) in [5.74, 6) is 0.155. The quantitative estimate of drug-likeness (QED) is 0.756. The third-order valence-corrected chi connectivity index (χ3v) is 3.36. The van der Waals surface area contributed by atoms with Crippen molar-refractivity contribution in [3.05, 3.63) is 42.2 Å². The standard InChI is InChI=1S/C14H16N2O3/c1-10-14(13(17)19-3,7-4-12(16-10)18-2)11-5-8-15-9-6-11/h4-10H,1-3H3. The van der Waals surface area contributed by atoms with Gasteiger partial charge in [-0.25, -0.2) is 4.99 Å². The van der Waals surface area contributed by atoms with E-state index in [4.69, 9.17) is 9.47 Å². The van der Waals surface area contributed by atoms with Crippen LogP contribution in [0.4, 0.5) is 0 Å².